The average molecular weight is 294 g/mol. The third kappa shape index (κ3) is 3.63. The fourth-order valence-corrected chi connectivity index (χ4v) is 2.43. The van der Waals surface area contributed by atoms with Gasteiger partial charge in [0.2, 0.25) is 0 Å². The van der Waals surface area contributed by atoms with Crippen LogP contribution in [0, 0.1) is 5.41 Å². The Morgan fingerprint density at radius 3 is 2.62 bits per heavy atom. The minimum atomic E-state index is -0.257. The fourth-order valence-electron chi connectivity index (χ4n) is 2.43. The summed E-state index contributed by atoms with van der Waals surface area (Å²) in [6.45, 7) is 9.95. The second kappa shape index (κ2) is 6.58. The zero-order valence-corrected chi connectivity index (χ0v) is 13.3. The number of aromatic nitrogens is 2. The van der Waals surface area contributed by atoms with E-state index in [1.165, 1.54) is 0 Å². The molecule has 1 heterocycles. The van der Waals surface area contributed by atoms with Crippen LogP contribution in [-0.2, 0) is 11.3 Å². The molecule has 21 heavy (non-hydrogen) atoms. The van der Waals surface area contributed by atoms with E-state index >= 15 is 0 Å². The largest absolute Gasteiger partial charge is 0.392 e. The van der Waals surface area contributed by atoms with Gasteiger partial charge in [-0.25, -0.2) is 9.97 Å². The molecular weight excluding hydrogens is 268 g/mol. The Hall–Kier alpha value is -1.40. The summed E-state index contributed by atoms with van der Waals surface area (Å²) in [5.74, 6) is 2.23. The van der Waals surface area contributed by atoms with Gasteiger partial charge < -0.3 is 20.5 Å². The van der Waals surface area contributed by atoms with Gasteiger partial charge >= 0.3 is 0 Å². The van der Waals surface area contributed by atoms with E-state index in [9.17, 15) is 5.11 Å². The predicted molar refractivity (Wildman–Crippen MR) is 83.3 cm³/mol. The molecule has 0 spiro atoms. The monoisotopic (exact) mass is 294 g/mol. The molecule has 0 aliphatic heterocycles. The van der Waals surface area contributed by atoms with Gasteiger partial charge in [0.25, 0.3) is 0 Å². The minimum Gasteiger partial charge on any atom is -0.392 e. The molecule has 1 aromatic rings. The zero-order valence-electron chi connectivity index (χ0n) is 13.3. The number of hydrogen-bond donors (Lipinski definition) is 3. The zero-order chi connectivity index (χ0) is 15.5. The van der Waals surface area contributed by atoms with Crippen molar-refractivity contribution in [1.29, 1.82) is 0 Å². The van der Waals surface area contributed by atoms with Gasteiger partial charge in [-0.2, -0.15) is 0 Å². The lowest BCUT2D eigenvalue weighted by molar-refractivity contribution is -0.0511. The summed E-state index contributed by atoms with van der Waals surface area (Å²) in [6.07, 6.45) is 0.488. The lowest BCUT2D eigenvalue weighted by atomic mass is 9.64. The van der Waals surface area contributed by atoms with E-state index in [1.807, 2.05) is 19.9 Å². The van der Waals surface area contributed by atoms with E-state index in [2.05, 4.69) is 34.4 Å². The van der Waals surface area contributed by atoms with Crippen LogP contribution in [0.15, 0.2) is 6.07 Å². The molecule has 3 N–H and O–H groups in total. The van der Waals surface area contributed by atoms with Gasteiger partial charge in [0.15, 0.2) is 5.82 Å². The number of aliphatic hydroxyl groups is 1. The van der Waals surface area contributed by atoms with Gasteiger partial charge in [0.1, 0.15) is 18.2 Å². The summed E-state index contributed by atoms with van der Waals surface area (Å²) in [6, 6.07) is 2.12. The first-order valence-corrected chi connectivity index (χ1v) is 7.61. The molecule has 1 aromatic heterocycles. The van der Waals surface area contributed by atoms with Gasteiger partial charge in [0, 0.05) is 30.7 Å². The smallest absolute Gasteiger partial charge is 0.158 e. The Balaban J connectivity index is 2.12. The van der Waals surface area contributed by atoms with Crippen molar-refractivity contribution < 1.29 is 9.84 Å². The Morgan fingerprint density at radius 1 is 1.33 bits per heavy atom. The molecule has 1 saturated carbocycles. The highest BCUT2D eigenvalue weighted by molar-refractivity contribution is 5.48. The first-order valence-electron chi connectivity index (χ1n) is 7.61. The van der Waals surface area contributed by atoms with Gasteiger partial charge in [-0.15, -0.1) is 0 Å². The fraction of sp³-hybridized carbons (Fsp3) is 0.733. The van der Waals surface area contributed by atoms with Crippen LogP contribution in [-0.4, -0.2) is 40.4 Å². The second-order valence-electron chi connectivity index (χ2n) is 5.99. The molecule has 6 nitrogen and oxygen atoms in total. The van der Waals surface area contributed by atoms with Crippen LogP contribution >= 0.6 is 0 Å². The van der Waals surface area contributed by atoms with Gasteiger partial charge in [-0.3, -0.25) is 0 Å². The number of nitrogens with zero attached hydrogens (tertiary/aromatic N) is 2. The number of ether oxygens (including phenoxy) is 1. The van der Waals surface area contributed by atoms with Crippen molar-refractivity contribution in [2.24, 2.45) is 5.41 Å². The molecule has 2 unspecified atom stereocenters. The number of hydrogen-bond acceptors (Lipinski definition) is 6. The molecule has 0 bridgehead atoms. The molecular formula is C15H26N4O2. The quantitative estimate of drug-likeness (QED) is 0.714. The first-order chi connectivity index (χ1) is 9.97. The Morgan fingerprint density at radius 2 is 2.05 bits per heavy atom. The summed E-state index contributed by atoms with van der Waals surface area (Å²) in [7, 11) is 0. The third-order valence-corrected chi connectivity index (χ3v) is 4.10. The van der Waals surface area contributed by atoms with Crippen LogP contribution in [0.4, 0.5) is 11.6 Å². The summed E-state index contributed by atoms with van der Waals surface area (Å²) < 4.78 is 5.39. The van der Waals surface area contributed by atoms with Gasteiger partial charge in [0.05, 0.1) is 6.10 Å². The average Bonchev–Trinajstić information content (AvgIpc) is 2.45. The lowest BCUT2D eigenvalue weighted by Gasteiger charge is -2.49. The van der Waals surface area contributed by atoms with E-state index < -0.39 is 0 Å². The van der Waals surface area contributed by atoms with Crippen LogP contribution in [0.25, 0.3) is 0 Å². The van der Waals surface area contributed by atoms with Crippen molar-refractivity contribution in [1.82, 2.24) is 9.97 Å². The highest BCUT2D eigenvalue weighted by Gasteiger charge is 2.47. The Labute approximate surface area is 126 Å². The van der Waals surface area contributed by atoms with Crippen LogP contribution in [0.3, 0.4) is 0 Å². The predicted octanol–water partition coefficient (Wildman–Crippen LogP) is 2.02. The number of aliphatic hydroxyl groups excluding tert-OH is 1. The van der Waals surface area contributed by atoms with Gasteiger partial charge in [-0.1, -0.05) is 13.8 Å². The molecule has 2 rings (SSSR count). The number of rotatable bonds is 7. The van der Waals surface area contributed by atoms with E-state index in [1.54, 1.807) is 0 Å². The molecule has 6 heteroatoms. The summed E-state index contributed by atoms with van der Waals surface area (Å²) >= 11 is 0. The molecule has 0 radical (unpaired) electrons. The van der Waals surface area contributed by atoms with Crippen LogP contribution in [0.5, 0.6) is 0 Å². The highest BCUT2D eigenvalue weighted by atomic mass is 16.5. The van der Waals surface area contributed by atoms with Crippen molar-refractivity contribution in [3.05, 3.63) is 11.9 Å². The molecule has 0 aromatic carbocycles. The Kier molecular flexibility index (Phi) is 5.00. The maximum Gasteiger partial charge on any atom is 0.158 e. The first kappa shape index (κ1) is 16.0. The summed E-state index contributed by atoms with van der Waals surface area (Å²) in [5, 5.41) is 16.4. The van der Waals surface area contributed by atoms with E-state index in [0.717, 1.165) is 24.6 Å². The van der Waals surface area contributed by atoms with Crippen LogP contribution in [0.2, 0.25) is 0 Å². The lowest BCUT2D eigenvalue weighted by Crippen LogP contribution is -2.57. The second-order valence-corrected chi connectivity index (χ2v) is 5.99. The highest BCUT2D eigenvalue weighted by Crippen LogP contribution is 2.42. The van der Waals surface area contributed by atoms with E-state index in [0.29, 0.717) is 19.0 Å². The molecule has 2 atom stereocenters. The van der Waals surface area contributed by atoms with Crippen molar-refractivity contribution in [2.75, 3.05) is 23.8 Å². The molecule has 0 saturated heterocycles. The minimum absolute atomic E-state index is 0.136. The molecule has 0 amide bonds. The van der Waals surface area contributed by atoms with Gasteiger partial charge in [-0.05, 0) is 20.3 Å². The maximum absolute atomic E-state index is 9.83. The topological polar surface area (TPSA) is 79.3 Å². The maximum atomic E-state index is 9.83. The van der Waals surface area contributed by atoms with E-state index in [-0.39, 0.29) is 17.6 Å². The van der Waals surface area contributed by atoms with Crippen LogP contribution < -0.4 is 10.6 Å². The normalized spacial score (nSPS) is 23.5. The number of anilines is 2. The molecule has 118 valence electrons. The third-order valence-electron chi connectivity index (χ3n) is 4.10. The van der Waals surface area contributed by atoms with Crippen molar-refractivity contribution in [3.63, 3.8) is 0 Å². The molecule has 1 aliphatic rings. The standard InChI is InChI=1S/C15H26N4O2/c1-5-16-12-8-13(19-14(18-12)9-21-6-2)17-10-7-11(20)15(10,3)4/h8,10-11,20H,5-7,9H2,1-4H3,(H2,16,17,18,19). The summed E-state index contributed by atoms with van der Waals surface area (Å²) in [5.41, 5.74) is -0.136. The SMILES string of the molecule is CCNc1cc(NC2CC(O)C2(C)C)nc(COCC)n1. The number of nitrogens with one attached hydrogen (secondary N) is 2. The Bertz CT molecular complexity index is 479. The summed E-state index contributed by atoms with van der Waals surface area (Å²) in [4.78, 5) is 8.92. The van der Waals surface area contributed by atoms with Crippen molar-refractivity contribution in [2.45, 2.75) is 52.9 Å². The van der Waals surface area contributed by atoms with Crippen molar-refractivity contribution in [3.8, 4) is 0 Å². The molecule has 1 aliphatic carbocycles. The van der Waals surface area contributed by atoms with Crippen LogP contribution in [0.1, 0.15) is 39.9 Å². The van der Waals surface area contributed by atoms with Crippen molar-refractivity contribution >= 4 is 11.6 Å². The molecule has 1 fully saturated rings. The van der Waals surface area contributed by atoms with E-state index in [4.69, 9.17) is 4.74 Å².